The second kappa shape index (κ2) is 8.88. The van der Waals surface area contributed by atoms with E-state index >= 15 is 0 Å². The van der Waals surface area contributed by atoms with Crippen LogP contribution in [0.4, 0.5) is 0 Å². The van der Waals surface area contributed by atoms with Gasteiger partial charge in [-0.1, -0.05) is 6.92 Å². The first-order valence-corrected chi connectivity index (χ1v) is 6.61. The van der Waals surface area contributed by atoms with E-state index in [4.69, 9.17) is 15.3 Å². The van der Waals surface area contributed by atoms with Gasteiger partial charge in [0, 0.05) is 32.6 Å². The van der Waals surface area contributed by atoms with Gasteiger partial charge < -0.3 is 10.1 Å². The summed E-state index contributed by atoms with van der Waals surface area (Å²) in [5, 5.41) is 20.7. The number of nitriles is 2. The lowest BCUT2D eigenvalue weighted by Gasteiger charge is -2.32. The van der Waals surface area contributed by atoms with E-state index in [2.05, 4.69) is 29.3 Å². The highest BCUT2D eigenvalue weighted by Gasteiger charge is 2.19. The number of likely N-dealkylation sites (N-methyl/N-ethyl adjacent to an activating group) is 1. The van der Waals surface area contributed by atoms with Crippen LogP contribution in [0.1, 0.15) is 19.8 Å². The lowest BCUT2D eigenvalue weighted by molar-refractivity contribution is -0.0253. The predicted molar refractivity (Wildman–Crippen MR) is 68.7 cm³/mol. The Morgan fingerprint density at radius 3 is 3.00 bits per heavy atom. The van der Waals surface area contributed by atoms with Crippen molar-refractivity contribution < 1.29 is 4.74 Å². The van der Waals surface area contributed by atoms with Crippen LogP contribution in [-0.4, -0.2) is 50.3 Å². The molecule has 0 aromatic carbocycles. The van der Waals surface area contributed by atoms with Gasteiger partial charge in [0.2, 0.25) is 0 Å². The number of hydrogen-bond acceptors (Lipinski definition) is 5. The quantitative estimate of drug-likeness (QED) is 0.721. The van der Waals surface area contributed by atoms with E-state index < -0.39 is 0 Å². The molecular formula is C13H22N4O. The van der Waals surface area contributed by atoms with Crippen molar-refractivity contribution >= 4 is 0 Å². The molecule has 1 rings (SSSR count). The molecule has 0 aromatic rings. The molecule has 0 saturated carbocycles. The van der Waals surface area contributed by atoms with E-state index in [1.807, 2.05) is 0 Å². The number of rotatable bonds is 7. The fourth-order valence-corrected chi connectivity index (χ4v) is 2.06. The Bertz CT molecular complexity index is 307. The standard InChI is InChI=1S/C13H22N4O/c1-2-17-6-7-18-13(11-17)10-16-9-12(8-15)4-3-5-14/h12-13,16H,2-4,6-7,9-11H2,1H3/t12-,13-/m0/s1. The largest absolute Gasteiger partial charge is 0.374 e. The van der Waals surface area contributed by atoms with Crippen LogP contribution in [-0.2, 0) is 4.74 Å². The highest BCUT2D eigenvalue weighted by atomic mass is 16.5. The molecule has 0 spiro atoms. The van der Waals surface area contributed by atoms with Gasteiger partial charge in [-0.3, -0.25) is 4.90 Å². The van der Waals surface area contributed by atoms with Crippen molar-refractivity contribution in [1.82, 2.24) is 10.2 Å². The Morgan fingerprint density at radius 1 is 1.50 bits per heavy atom. The van der Waals surface area contributed by atoms with Gasteiger partial charge in [0.1, 0.15) is 0 Å². The monoisotopic (exact) mass is 250 g/mol. The zero-order valence-corrected chi connectivity index (χ0v) is 11.1. The molecule has 1 N–H and O–H groups in total. The lowest BCUT2D eigenvalue weighted by Crippen LogP contribution is -2.46. The third-order valence-electron chi connectivity index (χ3n) is 3.22. The highest BCUT2D eigenvalue weighted by molar-refractivity contribution is 4.87. The molecule has 18 heavy (non-hydrogen) atoms. The van der Waals surface area contributed by atoms with Crippen LogP contribution in [0.5, 0.6) is 0 Å². The van der Waals surface area contributed by atoms with Crippen molar-refractivity contribution in [3.63, 3.8) is 0 Å². The minimum absolute atomic E-state index is 0.0736. The topological polar surface area (TPSA) is 72.1 Å². The highest BCUT2D eigenvalue weighted by Crippen LogP contribution is 2.05. The Balaban J connectivity index is 2.16. The number of morpholine rings is 1. The van der Waals surface area contributed by atoms with E-state index in [0.717, 1.165) is 32.8 Å². The maximum atomic E-state index is 8.93. The minimum atomic E-state index is -0.0736. The molecule has 100 valence electrons. The molecule has 0 aliphatic carbocycles. The predicted octanol–water partition coefficient (Wildman–Crippen LogP) is 0.740. The second-order valence-corrected chi connectivity index (χ2v) is 4.57. The van der Waals surface area contributed by atoms with E-state index in [-0.39, 0.29) is 12.0 Å². The van der Waals surface area contributed by atoms with Crippen molar-refractivity contribution in [2.45, 2.75) is 25.9 Å². The van der Waals surface area contributed by atoms with Gasteiger partial charge in [-0.2, -0.15) is 10.5 Å². The van der Waals surface area contributed by atoms with Crippen LogP contribution in [0.15, 0.2) is 0 Å². The molecule has 2 atom stereocenters. The average Bonchev–Trinajstić information content (AvgIpc) is 2.43. The van der Waals surface area contributed by atoms with Crippen molar-refractivity contribution in [3.8, 4) is 12.1 Å². The number of ether oxygens (including phenoxy) is 1. The molecule has 1 aliphatic rings. The Kier molecular flexibility index (Phi) is 7.36. The van der Waals surface area contributed by atoms with Gasteiger partial charge in [0.05, 0.1) is 30.8 Å². The van der Waals surface area contributed by atoms with E-state index in [9.17, 15) is 0 Å². The summed E-state index contributed by atoms with van der Waals surface area (Å²) in [5.74, 6) is -0.0736. The van der Waals surface area contributed by atoms with Crippen LogP contribution >= 0.6 is 0 Å². The summed E-state index contributed by atoms with van der Waals surface area (Å²) in [6, 6.07) is 4.31. The first kappa shape index (κ1) is 14.9. The fraction of sp³-hybridized carbons (Fsp3) is 0.846. The first-order chi connectivity index (χ1) is 8.80. The zero-order valence-electron chi connectivity index (χ0n) is 11.1. The second-order valence-electron chi connectivity index (χ2n) is 4.57. The number of nitrogens with zero attached hydrogens (tertiary/aromatic N) is 3. The summed E-state index contributed by atoms with van der Waals surface area (Å²) in [7, 11) is 0. The number of hydrogen-bond donors (Lipinski definition) is 1. The van der Waals surface area contributed by atoms with Crippen molar-refractivity contribution in [2.75, 3.05) is 39.3 Å². The summed E-state index contributed by atoms with van der Waals surface area (Å²) in [5.41, 5.74) is 0. The maximum absolute atomic E-state index is 8.93. The van der Waals surface area contributed by atoms with E-state index in [0.29, 0.717) is 19.4 Å². The molecule has 1 fully saturated rings. The van der Waals surface area contributed by atoms with Crippen LogP contribution in [0, 0.1) is 28.6 Å². The van der Waals surface area contributed by atoms with Gasteiger partial charge in [-0.15, -0.1) is 0 Å². The average molecular weight is 250 g/mol. The van der Waals surface area contributed by atoms with Gasteiger partial charge in [0.25, 0.3) is 0 Å². The summed E-state index contributed by atoms with van der Waals surface area (Å²) >= 11 is 0. The smallest absolute Gasteiger partial charge is 0.0826 e. The van der Waals surface area contributed by atoms with Crippen molar-refractivity contribution in [1.29, 1.82) is 10.5 Å². The first-order valence-electron chi connectivity index (χ1n) is 6.61. The fourth-order valence-electron chi connectivity index (χ4n) is 2.06. The van der Waals surface area contributed by atoms with Gasteiger partial charge in [-0.25, -0.2) is 0 Å². The molecule has 0 bridgehead atoms. The lowest BCUT2D eigenvalue weighted by atomic mass is 10.1. The van der Waals surface area contributed by atoms with Gasteiger partial charge in [0.15, 0.2) is 0 Å². The molecule has 1 aliphatic heterocycles. The van der Waals surface area contributed by atoms with Crippen LogP contribution in [0.25, 0.3) is 0 Å². The molecule has 0 radical (unpaired) electrons. The SMILES string of the molecule is CCN1CCO[C@@H](CNC[C@H](C#N)CCC#N)C1. The van der Waals surface area contributed by atoms with Crippen molar-refractivity contribution in [3.05, 3.63) is 0 Å². The molecule has 1 saturated heterocycles. The summed E-state index contributed by atoms with van der Waals surface area (Å²) < 4.78 is 5.67. The van der Waals surface area contributed by atoms with Gasteiger partial charge in [-0.05, 0) is 13.0 Å². The Labute approximate surface area is 109 Å². The molecule has 0 aromatic heterocycles. The van der Waals surface area contributed by atoms with Crippen molar-refractivity contribution in [2.24, 2.45) is 5.92 Å². The van der Waals surface area contributed by atoms with E-state index in [1.165, 1.54) is 0 Å². The zero-order chi connectivity index (χ0) is 13.2. The van der Waals surface area contributed by atoms with Gasteiger partial charge >= 0.3 is 0 Å². The summed E-state index contributed by atoms with van der Waals surface area (Å²) in [4.78, 5) is 2.37. The van der Waals surface area contributed by atoms with Crippen LogP contribution in [0.3, 0.4) is 0 Å². The summed E-state index contributed by atoms with van der Waals surface area (Å²) in [6.45, 7) is 7.39. The third kappa shape index (κ3) is 5.46. The molecule has 5 heteroatoms. The molecule has 0 unspecified atom stereocenters. The third-order valence-corrected chi connectivity index (χ3v) is 3.22. The van der Waals surface area contributed by atoms with Crippen LogP contribution < -0.4 is 5.32 Å². The normalized spacial score (nSPS) is 22.1. The minimum Gasteiger partial charge on any atom is -0.374 e. The number of nitrogens with one attached hydrogen (secondary N) is 1. The molecule has 0 amide bonds. The Morgan fingerprint density at radius 2 is 2.33 bits per heavy atom. The molecule has 1 heterocycles. The summed E-state index contributed by atoms with van der Waals surface area (Å²) in [6.07, 6.45) is 1.31. The maximum Gasteiger partial charge on any atom is 0.0826 e. The molecular weight excluding hydrogens is 228 g/mol. The van der Waals surface area contributed by atoms with E-state index in [1.54, 1.807) is 0 Å². The molecule has 5 nitrogen and oxygen atoms in total. The Hall–Kier alpha value is -1.14. The van der Waals surface area contributed by atoms with Crippen LogP contribution in [0.2, 0.25) is 0 Å².